The van der Waals surface area contributed by atoms with Crippen molar-refractivity contribution >= 4 is 28.4 Å². The van der Waals surface area contributed by atoms with E-state index in [1.54, 1.807) is 0 Å². The molecule has 7 heteroatoms. The summed E-state index contributed by atoms with van der Waals surface area (Å²) in [6.07, 6.45) is 1.99. The summed E-state index contributed by atoms with van der Waals surface area (Å²) < 4.78 is 10.8. The molecule has 0 atom stereocenters. The Morgan fingerprint density at radius 1 is 1.23 bits per heavy atom. The van der Waals surface area contributed by atoms with Crippen LogP contribution in [0.25, 0.3) is 10.9 Å². The van der Waals surface area contributed by atoms with E-state index in [0.29, 0.717) is 11.6 Å². The Labute approximate surface area is 184 Å². The van der Waals surface area contributed by atoms with Gasteiger partial charge in [0.25, 0.3) is 0 Å². The number of hydrogen-bond acceptors (Lipinski definition) is 7. The van der Waals surface area contributed by atoms with E-state index in [4.69, 9.17) is 14.5 Å². The van der Waals surface area contributed by atoms with Crippen LogP contribution in [0.4, 0.5) is 11.5 Å². The summed E-state index contributed by atoms with van der Waals surface area (Å²) in [6.45, 7) is 10.6. The van der Waals surface area contributed by atoms with Crippen molar-refractivity contribution in [3.8, 4) is 0 Å². The zero-order valence-electron chi connectivity index (χ0n) is 19.2. The molecule has 0 aliphatic carbocycles. The third-order valence-electron chi connectivity index (χ3n) is 6.71. The van der Waals surface area contributed by atoms with E-state index in [1.807, 2.05) is 19.1 Å². The molecule has 7 nitrogen and oxygen atoms in total. The smallest absolute Gasteiger partial charge is 0.338 e. The van der Waals surface area contributed by atoms with Crippen LogP contribution in [0.15, 0.2) is 18.2 Å². The van der Waals surface area contributed by atoms with E-state index < -0.39 is 0 Å². The minimum absolute atomic E-state index is 0.304. The molecule has 0 bridgehead atoms. The van der Waals surface area contributed by atoms with Crippen LogP contribution in [0, 0.1) is 6.92 Å². The normalized spacial score (nSPS) is 18.4. The van der Waals surface area contributed by atoms with Crippen molar-refractivity contribution < 1.29 is 14.3 Å². The molecule has 168 valence electrons. The molecule has 1 aromatic heterocycles. The van der Waals surface area contributed by atoms with Crippen molar-refractivity contribution in [2.75, 3.05) is 69.9 Å². The summed E-state index contributed by atoms with van der Waals surface area (Å²) in [5.74, 6) is 0.668. The second-order valence-electron chi connectivity index (χ2n) is 8.54. The molecule has 0 unspecified atom stereocenters. The van der Waals surface area contributed by atoms with E-state index in [2.05, 4.69) is 34.7 Å². The highest BCUT2D eigenvalue weighted by atomic mass is 16.5. The Hall–Kier alpha value is -2.38. The van der Waals surface area contributed by atoms with Crippen LogP contribution >= 0.6 is 0 Å². The molecule has 0 N–H and O–H groups in total. The average molecular weight is 427 g/mol. The number of anilines is 2. The monoisotopic (exact) mass is 426 g/mol. The molecule has 4 rings (SSSR count). The molecule has 0 radical (unpaired) electrons. The number of piperazine rings is 1. The van der Waals surface area contributed by atoms with Gasteiger partial charge in [0.15, 0.2) is 0 Å². The Balaban J connectivity index is 1.81. The van der Waals surface area contributed by atoms with Crippen LogP contribution in [0.5, 0.6) is 0 Å². The van der Waals surface area contributed by atoms with Crippen molar-refractivity contribution in [3.05, 3.63) is 29.3 Å². The summed E-state index contributed by atoms with van der Waals surface area (Å²) in [4.78, 5) is 24.9. The number of methoxy groups -OCH3 is 1. The van der Waals surface area contributed by atoms with E-state index in [-0.39, 0.29) is 5.97 Å². The van der Waals surface area contributed by atoms with E-state index in [1.165, 1.54) is 7.11 Å². The minimum atomic E-state index is -0.304. The van der Waals surface area contributed by atoms with Crippen molar-refractivity contribution in [1.29, 1.82) is 0 Å². The Morgan fingerprint density at radius 2 is 1.94 bits per heavy atom. The first-order chi connectivity index (χ1) is 15.0. The van der Waals surface area contributed by atoms with Gasteiger partial charge in [0.1, 0.15) is 5.82 Å². The van der Waals surface area contributed by atoms with Crippen LogP contribution in [0.2, 0.25) is 0 Å². The molecule has 2 aliphatic heterocycles. The molecule has 0 amide bonds. The highest BCUT2D eigenvalue weighted by molar-refractivity contribution is 6.07. The molecular weight excluding hydrogens is 392 g/mol. The maximum atomic E-state index is 12.8. The van der Waals surface area contributed by atoms with Gasteiger partial charge in [0.05, 0.1) is 18.2 Å². The van der Waals surface area contributed by atoms with Crippen LogP contribution < -0.4 is 9.80 Å². The topological polar surface area (TPSA) is 58.1 Å². The fourth-order valence-electron chi connectivity index (χ4n) is 4.85. The standard InChI is InChI=1S/C24H34N4O3/c1-5-28(18-8-14-31-15-9-18)21-16-20-19(23(17(21)2)24(29)30-4)6-7-22(25-20)27-12-10-26(3)11-13-27/h6-7,16,18H,5,8-15H2,1-4H3. The molecule has 2 aromatic rings. The van der Waals surface area contributed by atoms with Crippen LogP contribution in [0.1, 0.15) is 35.7 Å². The van der Waals surface area contributed by atoms with E-state index in [9.17, 15) is 4.79 Å². The number of ether oxygens (including phenoxy) is 2. The number of aromatic nitrogens is 1. The first kappa shape index (κ1) is 21.8. The molecule has 2 saturated heterocycles. The Morgan fingerprint density at radius 3 is 2.58 bits per heavy atom. The van der Waals surface area contributed by atoms with Crippen molar-refractivity contribution in [3.63, 3.8) is 0 Å². The molecule has 3 heterocycles. The Kier molecular flexibility index (Phi) is 6.62. The van der Waals surface area contributed by atoms with Gasteiger partial charge in [-0.2, -0.15) is 0 Å². The second-order valence-corrected chi connectivity index (χ2v) is 8.54. The first-order valence-electron chi connectivity index (χ1n) is 11.3. The molecule has 31 heavy (non-hydrogen) atoms. The van der Waals surface area contributed by atoms with Gasteiger partial charge in [0, 0.05) is 63.1 Å². The average Bonchev–Trinajstić information content (AvgIpc) is 2.80. The molecule has 0 saturated carbocycles. The zero-order chi connectivity index (χ0) is 22.0. The van der Waals surface area contributed by atoms with Gasteiger partial charge in [0.2, 0.25) is 0 Å². The van der Waals surface area contributed by atoms with Crippen molar-refractivity contribution in [2.24, 2.45) is 0 Å². The quantitative estimate of drug-likeness (QED) is 0.681. The van der Waals surface area contributed by atoms with Gasteiger partial charge in [-0.05, 0) is 57.5 Å². The number of fused-ring (bicyclic) bond motifs is 1. The van der Waals surface area contributed by atoms with Crippen LogP contribution in [0.3, 0.4) is 0 Å². The second kappa shape index (κ2) is 9.40. The summed E-state index contributed by atoms with van der Waals surface area (Å²) >= 11 is 0. The van der Waals surface area contributed by atoms with Crippen LogP contribution in [-0.4, -0.2) is 82.0 Å². The SMILES string of the molecule is CCN(c1cc2nc(N3CCN(C)CC3)ccc2c(C(=O)OC)c1C)C1CCOCC1. The third kappa shape index (κ3) is 4.34. The molecule has 0 spiro atoms. The zero-order valence-corrected chi connectivity index (χ0v) is 19.2. The number of pyridine rings is 1. The third-order valence-corrected chi connectivity index (χ3v) is 6.71. The number of nitrogens with zero attached hydrogens (tertiary/aromatic N) is 4. The fourth-order valence-corrected chi connectivity index (χ4v) is 4.85. The van der Waals surface area contributed by atoms with Gasteiger partial charge in [-0.15, -0.1) is 0 Å². The highest BCUT2D eigenvalue weighted by Gasteiger charge is 2.26. The number of esters is 1. The lowest BCUT2D eigenvalue weighted by Crippen LogP contribution is -2.44. The van der Waals surface area contributed by atoms with Gasteiger partial charge >= 0.3 is 5.97 Å². The lowest BCUT2D eigenvalue weighted by molar-refractivity contribution is 0.0602. The van der Waals surface area contributed by atoms with Gasteiger partial charge in [-0.1, -0.05) is 0 Å². The summed E-state index contributed by atoms with van der Waals surface area (Å²) in [5, 5.41) is 0.856. The van der Waals surface area contributed by atoms with Crippen LogP contribution in [-0.2, 0) is 9.47 Å². The highest BCUT2D eigenvalue weighted by Crippen LogP contribution is 2.34. The molecule has 2 fully saturated rings. The van der Waals surface area contributed by atoms with Gasteiger partial charge in [-0.3, -0.25) is 0 Å². The van der Waals surface area contributed by atoms with E-state index >= 15 is 0 Å². The maximum absolute atomic E-state index is 12.8. The van der Waals surface area contributed by atoms with Gasteiger partial charge < -0.3 is 24.2 Å². The predicted molar refractivity (Wildman–Crippen MR) is 124 cm³/mol. The summed E-state index contributed by atoms with van der Waals surface area (Å²) in [5.41, 5.74) is 3.51. The lowest BCUT2D eigenvalue weighted by atomic mass is 9.97. The van der Waals surface area contributed by atoms with Crippen molar-refractivity contribution in [1.82, 2.24) is 9.88 Å². The summed E-state index contributed by atoms with van der Waals surface area (Å²) in [7, 11) is 3.60. The minimum Gasteiger partial charge on any atom is -0.465 e. The number of carbonyl (C=O) groups excluding carboxylic acids is 1. The predicted octanol–water partition coefficient (Wildman–Crippen LogP) is 3.09. The lowest BCUT2D eigenvalue weighted by Gasteiger charge is -2.37. The van der Waals surface area contributed by atoms with Gasteiger partial charge in [-0.25, -0.2) is 9.78 Å². The van der Waals surface area contributed by atoms with E-state index in [0.717, 1.165) is 86.8 Å². The number of carbonyl (C=O) groups is 1. The number of hydrogen-bond donors (Lipinski definition) is 0. The number of benzene rings is 1. The first-order valence-corrected chi connectivity index (χ1v) is 11.3. The number of likely N-dealkylation sites (N-methyl/N-ethyl adjacent to an activating group) is 1. The molecular formula is C24H34N4O3. The summed E-state index contributed by atoms with van der Waals surface area (Å²) in [6, 6.07) is 6.63. The molecule has 2 aliphatic rings. The fraction of sp³-hybridized carbons (Fsp3) is 0.583. The largest absolute Gasteiger partial charge is 0.465 e. The van der Waals surface area contributed by atoms with Crippen molar-refractivity contribution in [2.45, 2.75) is 32.7 Å². The number of rotatable bonds is 5. The Bertz CT molecular complexity index is 934. The maximum Gasteiger partial charge on any atom is 0.338 e. The molecule has 1 aromatic carbocycles.